The number of amides is 1. The Morgan fingerprint density at radius 2 is 1.64 bits per heavy atom. The van der Waals surface area contributed by atoms with E-state index in [4.69, 9.17) is 0 Å². The van der Waals surface area contributed by atoms with Gasteiger partial charge in [-0.3, -0.25) is 9.78 Å². The summed E-state index contributed by atoms with van der Waals surface area (Å²) in [6, 6.07) is 15.0. The van der Waals surface area contributed by atoms with E-state index in [2.05, 4.69) is 20.3 Å². The van der Waals surface area contributed by atoms with E-state index in [9.17, 15) is 4.79 Å². The number of anilines is 1. The number of rotatable bonds is 2. The van der Waals surface area contributed by atoms with E-state index in [1.54, 1.807) is 18.3 Å². The van der Waals surface area contributed by atoms with Crippen LogP contribution in [0.2, 0.25) is 0 Å². The predicted molar refractivity (Wildman–Crippen MR) is 98.7 cm³/mol. The Hall–Kier alpha value is -3.34. The highest BCUT2D eigenvalue weighted by Crippen LogP contribution is 2.18. The first-order chi connectivity index (χ1) is 12.1. The normalized spacial score (nSPS) is 11.0. The molecule has 0 aliphatic rings. The van der Waals surface area contributed by atoms with Gasteiger partial charge in [-0.1, -0.05) is 18.2 Å². The number of nitrogens with zero attached hydrogens (tertiary/aromatic N) is 3. The number of carbonyl (C=O) groups is 1. The number of aryl methyl sites for hydroxylation is 2. The molecule has 2 heterocycles. The molecule has 0 aliphatic heterocycles. The maximum absolute atomic E-state index is 12.6. The van der Waals surface area contributed by atoms with E-state index in [0.717, 1.165) is 27.8 Å². The first-order valence-electron chi connectivity index (χ1n) is 8.01. The molecule has 4 aromatic rings. The maximum Gasteiger partial charge on any atom is 0.255 e. The molecule has 0 fully saturated rings. The Kier molecular flexibility index (Phi) is 3.61. The third-order valence-corrected chi connectivity index (χ3v) is 4.19. The van der Waals surface area contributed by atoms with Crippen LogP contribution in [-0.2, 0) is 0 Å². The van der Waals surface area contributed by atoms with Gasteiger partial charge >= 0.3 is 0 Å². The van der Waals surface area contributed by atoms with Crippen LogP contribution in [-0.4, -0.2) is 20.9 Å². The summed E-state index contributed by atoms with van der Waals surface area (Å²) in [4.78, 5) is 25.9. The smallest absolute Gasteiger partial charge is 0.255 e. The van der Waals surface area contributed by atoms with Crippen molar-refractivity contribution >= 4 is 33.5 Å². The number of fused-ring (bicyclic) bond motifs is 2. The number of nitrogens with one attached hydrogen (secondary N) is 1. The lowest BCUT2D eigenvalue weighted by Gasteiger charge is -2.08. The summed E-state index contributed by atoms with van der Waals surface area (Å²) in [6.45, 7) is 3.84. The zero-order valence-electron chi connectivity index (χ0n) is 13.9. The lowest BCUT2D eigenvalue weighted by Crippen LogP contribution is -2.12. The average Bonchev–Trinajstić information content (AvgIpc) is 2.62. The number of para-hydroxylation sites is 1. The average molecular weight is 328 g/mol. The minimum Gasteiger partial charge on any atom is -0.321 e. The van der Waals surface area contributed by atoms with Crippen LogP contribution < -0.4 is 5.32 Å². The van der Waals surface area contributed by atoms with Crippen molar-refractivity contribution in [1.82, 2.24) is 15.0 Å². The molecular weight excluding hydrogens is 312 g/mol. The van der Waals surface area contributed by atoms with Crippen molar-refractivity contribution in [3.05, 3.63) is 71.7 Å². The van der Waals surface area contributed by atoms with Crippen LogP contribution in [0.3, 0.4) is 0 Å². The minimum atomic E-state index is -0.195. The van der Waals surface area contributed by atoms with Gasteiger partial charge in [0, 0.05) is 10.9 Å². The van der Waals surface area contributed by atoms with Gasteiger partial charge in [-0.2, -0.15) is 0 Å². The molecule has 1 amide bonds. The molecule has 0 radical (unpaired) electrons. The highest BCUT2D eigenvalue weighted by atomic mass is 16.1. The molecular formula is C20H16N4O. The van der Waals surface area contributed by atoms with Crippen molar-refractivity contribution < 1.29 is 4.79 Å². The number of pyridine rings is 1. The van der Waals surface area contributed by atoms with Crippen molar-refractivity contribution in [2.24, 2.45) is 0 Å². The third kappa shape index (κ3) is 2.92. The van der Waals surface area contributed by atoms with Crippen molar-refractivity contribution in [1.29, 1.82) is 0 Å². The number of hydrogen-bond donors (Lipinski definition) is 1. The van der Waals surface area contributed by atoms with Gasteiger partial charge in [-0.25, -0.2) is 9.97 Å². The zero-order chi connectivity index (χ0) is 17.4. The van der Waals surface area contributed by atoms with Crippen LogP contribution in [0.25, 0.3) is 21.9 Å². The highest BCUT2D eigenvalue weighted by molar-refractivity contribution is 6.06. The number of aromatic nitrogens is 3. The van der Waals surface area contributed by atoms with E-state index in [1.165, 1.54) is 0 Å². The summed E-state index contributed by atoms with van der Waals surface area (Å²) < 4.78 is 0. The first-order valence-corrected chi connectivity index (χ1v) is 8.01. The molecule has 4 rings (SSSR count). The van der Waals surface area contributed by atoms with Crippen molar-refractivity contribution in [3.8, 4) is 0 Å². The Morgan fingerprint density at radius 1 is 0.880 bits per heavy atom. The fourth-order valence-electron chi connectivity index (χ4n) is 2.71. The van der Waals surface area contributed by atoms with E-state index >= 15 is 0 Å². The third-order valence-electron chi connectivity index (χ3n) is 4.19. The SMILES string of the molecule is Cc1nc2ccc(C(=O)Nc3cnc4ccccc4c3)cc2nc1C. The van der Waals surface area contributed by atoms with Crippen LogP contribution in [0, 0.1) is 13.8 Å². The largest absolute Gasteiger partial charge is 0.321 e. The Balaban J connectivity index is 1.65. The van der Waals surface area contributed by atoms with Crippen LogP contribution in [0.1, 0.15) is 21.7 Å². The van der Waals surface area contributed by atoms with Crippen molar-refractivity contribution in [2.75, 3.05) is 5.32 Å². The molecule has 0 saturated heterocycles. The van der Waals surface area contributed by atoms with E-state index < -0.39 is 0 Å². The number of carbonyl (C=O) groups excluding carboxylic acids is 1. The number of benzene rings is 2. The molecule has 0 bridgehead atoms. The van der Waals surface area contributed by atoms with Gasteiger partial charge in [0.1, 0.15) is 0 Å². The molecule has 0 spiro atoms. The van der Waals surface area contributed by atoms with Gasteiger partial charge in [0.05, 0.1) is 39.8 Å². The highest BCUT2D eigenvalue weighted by Gasteiger charge is 2.10. The van der Waals surface area contributed by atoms with E-state index in [0.29, 0.717) is 16.8 Å². The molecule has 0 saturated carbocycles. The summed E-state index contributed by atoms with van der Waals surface area (Å²) in [5.74, 6) is -0.195. The van der Waals surface area contributed by atoms with Crippen molar-refractivity contribution in [2.45, 2.75) is 13.8 Å². The molecule has 5 nitrogen and oxygen atoms in total. The molecule has 122 valence electrons. The standard InChI is InChI=1S/C20H16N4O/c1-12-13(2)23-19-10-15(7-8-18(19)22-12)20(25)24-16-9-14-5-3-4-6-17(14)21-11-16/h3-11H,1-2H3,(H,24,25). The van der Waals surface area contributed by atoms with Gasteiger partial charge in [0.25, 0.3) is 5.91 Å². The monoisotopic (exact) mass is 328 g/mol. The van der Waals surface area contributed by atoms with Crippen LogP contribution in [0.5, 0.6) is 0 Å². The molecule has 0 unspecified atom stereocenters. The fraction of sp³-hybridized carbons (Fsp3) is 0.100. The van der Waals surface area contributed by atoms with Crippen LogP contribution in [0.15, 0.2) is 54.7 Å². The van der Waals surface area contributed by atoms with Crippen LogP contribution >= 0.6 is 0 Å². The van der Waals surface area contributed by atoms with Gasteiger partial charge in [-0.05, 0) is 44.2 Å². The van der Waals surface area contributed by atoms with Gasteiger partial charge in [0.15, 0.2) is 0 Å². The topological polar surface area (TPSA) is 67.8 Å². The van der Waals surface area contributed by atoms with E-state index in [-0.39, 0.29) is 5.91 Å². The Morgan fingerprint density at radius 3 is 2.48 bits per heavy atom. The van der Waals surface area contributed by atoms with Crippen LogP contribution in [0.4, 0.5) is 5.69 Å². The summed E-state index contributed by atoms with van der Waals surface area (Å²) >= 11 is 0. The molecule has 0 aliphatic carbocycles. The van der Waals surface area contributed by atoms with E-state index in [1.807, 2.05) is 50.2 Å². The van der Waals surface area contributed by atoms with Gasteiger partial charge in [-0.15, -0.1) is 0 Å². The molecule has 0 atom stereocenters. The Bertz CT molecular complexity index is 1120. The second-order valence-electron chi connectivity index (χ2n) is 5.97. The summed E-state index contributed by atoms with van der Waals surface area (Å²) in [5, 5.41) is 3.87. The van der Waals surface area contributed by atoms with Crippen molar-refractivity contribution in [3.63, 3.8) is 0 Å². The van der Waals surface area contributed by atoms with Gasteiger partial charge < -0.3 is 5.32 Å². The lowest BCUT2D eigenvalue weighted by molar-refractivity contribution is 0.102. The molecule has 2 aromatic carbocycles. The quantitative estimate of drug-likeness (QED) is 0.603. The lowest BCUT2D eigenvalue weighted by atomic mass is 10.1. The molecule has 2 aromatic heterocycles. The fourth-order valence-corrected chi connectivity index (χ4v) is 2.71. The summed E-state index contributed by atoms with van der Waals surface area (Å²) in [6.07, 6.45) is 1.66. The molecule has 25 heavy (non-hydrogen) atoms. The summed E-state index contributed by atoms with van der Waals surface area (Å²) in [5.41, 5.74) is 5.36. The predicted octanol–water partition coefficient (Wildman–Crippen LogP) is 4.05. The first kappa shape index (κ1) is 15.2. The maximum atomic E-state index is 12.6. The zero-order valence-corrected chi connectivity index (χ0v) is 13.9. The molecule has 5 heteroatoms. The second kappa shape index (κ2) is 5.94. The second-order valence-corrected chi connectivity index (χ2v) is 5.97. The minimum absolute atomic E-state index is 0.195. The molecule has 1 N–H and O–H groups in total. The Labute approximate surface area is 144 Å². The summed E-state index contributed by atoms with van der Waals surface area (Å²) in [7, 11) is 0. The number of hydrogen-bond acceptors (Lipinski definition) is 4. The van der Waals surface area contributed by atoms with Gasteiger partial charge in [0.2, 0.25) is 0 Å².